The van der Waals surface area contributed by atoms with E-state index in [1.165, 1.54) is 42.6 Å². The van der Waals surface area contributed by atoms with Crippen molar-refractivity contribution < 1.29 is 27.5 Å². The summed E-state index contributed by atoms with van der Waals surface area (Å²) in [5.74, 6) is -1.30. The van der Waals surface area contributed by atoms with Gasteiger partial charge in [0.1, 0.15) is 5.56 Å². The zero-order valence-corrected chi connectivity index (χ0v) is 14.7. The minimum absolute atomic E-state index is 0.0957. The Morgan fingerprint density at radius 3 is 2.69 bits per heavy atom. The number of pyridine rings is 1. The Kier molecular flexibility index (Phi) is 6.26. The highest BCUT2D eigenvalue weighted by molar-refractivity contribution is 7.89. The minimum Gasteiger partial charge on any atom is -0.477 e. The zero-order valence-electron chi connectivity index (χ0n) is 13.8. The zero-order chi connectivity index (χ0) is 19.2. The molecule has 0 radical (unpaired) electrons. The number of hydrogen-bond acceptors (Lipinski definition) is 7. The van der Waals surface area contributed by atoms with Crippen LogP contribution < -0.4 is 15.2 Å². The molecule has 10 heteroatoms. The minimum atomic E-state index is -3.89. The van der Waals surface area contributed by atoms with Gasteiger partial charge in [-0.1, -0.05) is 6.07 Å². The van der Waals surface area contributed by atoms with Gasteiger partial charge in [0, 0.05) is 11.9 Å². The molecule has 0 unspecified atom stereocenters. The molecule has 1 heterocycles. The third-order valence-corrected chi connectivity index (χ3v) is 3.96. The van der Waals surface area contributed by atoms with E-state index >= 15 is 0 Å². The molecule has 0 aliphatic rings. The predicted octanol–water partition coefficient (Wildman–Crippen LogP) is 0.923. The summed E-state index contributed by atoms with van der Waals surface area (Å²) in [6.07, 6.45) is 1.47. The molecule has 1 aromatic carbocycles. The first-order valence-corrected chi connectivity index (χ1v) is 9.03. The lowest BCUT2D eigenvalue weighted by Crippen LogP contribution is -2.21. The van der Waals surface area contributed by atoms with E-state index in [0.29, 0.717) is 6.61 Å². The number of benzene rings is 1. The number of primary sulfonamides is 1. The average molecular weight is 379 g/mol. The number of aromatic nitrogens is 1. The topological polar surface area (TPSA) is 138 Å². The predicted molar refractivity (Wildman–Crippen MR) is 92.1 cm³/mol. The number of hydrogen-bond donors (Lipinski definition) is 2. The largest absolute Gasteiger partial charge is 0.477 e. The molecular formula is C16H17N3O6S. The van der Waals surface area contributed by atoms with E-state index < -0.39 is 28.5 Å². The highest BCUT2D eigenvalue weighted by atomic mass is 32.2. The van der Waals surface area contributed by atoms with Gasteiger partial charge >= 0.3 is 5.97 Å². The summed E-state index contributed by atoms with van der Waals surface area (Å²) in [7, 11) is -3.89. The SMILES string of the molecule is CCOc1ncccc1C(=O)OCC(=O)Nc1cccc(S(N)(=O)=O)c1. The Labute approximate surface area is 150 Å². The Morgan fingerprint density at radius 2 is 2.00 bits per heavy atom. The number of amides is 1. The van der Waals surface area contributed by atoms with E-state index in [2.05, 4.69) is 10.3 Å². The smallest absolute Gasteiger partial charge is 0.344 e. The van der Waals surface area contributed by atoms with E-state index in [-0.39, 0.29) is 22.0 Å². The molecule has 0 fully saturated rings. The number of nitrogens with two attached hydrogens (primary N) is 1. The second kappa shape index (κ2) is 8.41. The summed E-state index contributed by atoms with van der Waals surface area (Å²) < 4.78 is 32.8. The van der Waals surface area contributed by atoms with Gasteiger partial charge in [0.2, 0.25) is 15.9 Å². The van der Waals surface area contributed by atoms with Gasteiger partial charge in [-0.2, -0.15) is 0 Å². The molecular weight excluding hydrogens is 362 g/mol. The first-order valence-electron chi connectivity index (χ1n) is 7.49. The van der Waals surface area contributed by atoms with Gasteiger partial charge in [-0.25, -0.2) is 23.3 Å². The summed E-state index contributed by atoms with van der Waals surface area (Å²) in [4.78, 5) is 27.7. The van der Waals surface area contributed by atoms with Gasteiger partial charge in [-0.3, -0.25) is 4.79 Å². The molecule has 0 aliphatic carbocycles. The number of nitrogens with one attached hydrogen (secondary N) is 1. The van der Waals surface area contributed by atoms with E-state index in [0.717, 1.165) is 0 Å². The van der Waals surface area contributed by atoms with Gasteiger partial charge in [-0.05, 0) is 37.3 Å². The Balaban J connectivity index is 1.98. The van der Waals surface area contributed by atoms with Crippen LogP contribution in [0.2, 0.25) is 0 Å². The van der Waals surface area contributed by atoms with Crippen molar-refractivity contribution in [1.29, 1.82) is 0 Å². The summed E-state index contributed by atoms with van der Waals surface area (Å²) in [6.45, 7) is 1.49. The maximum atomic E-state index is 12.1. The molecule has 3 N–H and O–H groups in total. The molecule has 0 spiro atoms. The third-order valence-electron chi connectivity index (χ3n) is 3.05. The van der Waals surface area contributed by atoms with Gasteiger partial charge in [0.05, 0.1) is 11.5 Å². The number of carbonyl (C=O) groups excluding carboxylic acids is 2. The maximum absolute atomic E-state index is 12.1. The van der Waals surface area contributed by atoms with Gasteiger partial charge < -0.3 is 14.8 Å². The first kappa shape index (κ1) is 19.3. The van der Waals surface area contributed by atoms with Crippen molar-refractivity contribution >= 4 is 27.6 Å². The Hall–Kier alpha value is -2.98. The van der Waals surface area contributed by atoms with Crippen LogP contribution in [0.5, 0.6) is 5.88 Å². The van der Waals surface area contributed by atoms with E-state index in [1.807, 2.05) is 0 Å². The highest BCUT2D eigenvalue weighted by Gasteiger charge is 2.16. The van der Waals surface area contributed by atoms with Gasteiger partial charge in [0.25, 0.3) is 5.91 Å². The molecule has 138 valence electrons. The van der Waals surface area contributed by atoms with Crippen molar-refractivity contribution in [2.75, 3.05) is 18.5 Å². The number of anilines is 1. The molecule has 26 heavy (non-hydrogen) atoms. The monoisotopic (exact) mass is 379 g/mol. The lowest BCUT2D eigenvalue weighted by molar-refractivity contribution is -0.119. The molecule has 9 nitrogen and oxygen atoms in total. The molecule has 1 aromatic heterocycles. The summed E-state index contributed by atoms with van der Waals surface area (Å²) in [5, 5.41) is 7.45. The standard InChI is InChI=1S/C16H17N3O6S/c1-2-24-15-13(7-4-8-18-15)16(21)25-10-14(20)19-11-5-3-6-12(9-11)26(17,22)23/h3-9H,2,10H2,1H3,(H,19,20)(H2,17,22,23). The van der Waals surface area contributed by atoms with Crippen LogP contribution >= 0.6 is 0 Å². The lowest BCUT2D eigenvalue weighted by Gasteiger charge is -2.09. The first-order chi connectivity index (χ1) is 12.3. The van der Waals surface area contributed by atoms with Crippen LogP contribution in [0.3, 0.4) is 0 Å². The quantitative estimate of drug-likeness (QED) is 0.682. The fraction of sp³-hybridized carbons (Fsp3) is 0.188. The van der Waals surface area contributed by atoms with Crippen LogP contribution in [0.15, 0.2) is 47.5 Å². The molecule has 0 saturated heterocycles. The van der Waals surface area contributed by atoms with Crippen molar-refractivity contribution in [3.8, 4) is 5.88 Å². The summed E-state index contributed by atoms with van der Waals surface area (Å²) in [6, 6.07) is 8.39. The van der Waals surface area contributed by atoms with Crippen LogP contribution in [0, 0.1) is 0 Å². The molecule has 0 saturated carbocycles. The van der Waals surface area contributed by atoms with Crippen LogP contribution in [-0.2, 0) is 19.6 Å². The fourth-order valence-corrected chi connectivity index (χ4v) is 2.51. The molecule has 0 bridgehead atoms. The Bertz CT molecular complexity index is 914. The van der Waals surface area contributed by atoms with Crippen molar-refractivity contribution in [3.05, 3.63) is 48.2 Å². The van der Waals surface area contributed by atoms with Crippen molar-refractivity contribution in [3.63, 3.8) is 0 Å². The number of nitrogens with zero attached hydrogens (tertiary/aromatic N) is 1. The van der Waals surface area contributed by atoms with Crippen LogP contribution in [0.4, 0.5) is 5.69 Å². The molecule has 0 atom stereocenters. The van der Waals surface area contributed by atoms with E-state index in [4.69, 9.17) is 14.6 Å². The van der Waals surface area contributed by atoms with E-state index in [9.17, 15) is 18.0 Å². The maximum Gasteiger partial charge on any atom is 0.344 e. The second-order valence-corrected chi connectivity index (χ2v) is 6.55. The van der Waals surface area contributed by atoms with Crippen molar-refractivity contribution in [1.82, 2.24) is 4.98 Å². The number of esters is 1. The van der Waals surface area contributed by atoms with E-state index in [1.54, 1.807) is 6.92 Å². The fourth-order valence-electron chi connectivity index (χ4n) is 1.95. The Morgan fingerprint density at radius 1 is 1.23 bits per heavy atom. The molecule has 1 amide bonds. The van der Waals surface area contributed by atoms with Crippen LogP contribution in [0.1, 0.15) is 17.3 Å². The van der Waals surface area contributed by atoms with Crippen molar-refractivity contribution in [2.24, 2.45) is 5.14 Å². The second-order valence-electron chi connectivity index (χ2n) is 4.99. The summed E-state index contributed by atoms with van der Waals surface area (Å²) >= 11 is 0. The van der Waals surface area contributed by atoms with Gasteiger partial charge in [0.15, 0.2) is 6.61 Å². The molecule has 2 aromatic rings. The number of carbonyl (C=O) groups is 2. The molecule has 2 rings (SSSR count). The normalized spacial score (nSPS) is 10.8. The number of sulfonamides is 1. The van der Waals surface area contributed by atoms with Gasteiger partial charge in [-0.15, -0.1) is 0 Å². The summed E-state index contributed by atoms with van der Waals surface area (Å²) in [5.41, 5.74) is 0.298. The number of rotatable bonds is 7. The highest BCUT2D eigenvalue weighted by Crippen LogP contribution is 2.16. The molecule has 0 aliphatic heterocycles. The lowest BCUT2D eigenvalue weighted by atomic mass is 10.3. The average Bonchev–Trinajstić information content (AvgIpc) is 2.60. The van der Waals surface area contributed by atoms with Crippen LogP contribution in [0.25, 0.3) is 0 Å². The number of ether oxygens (including phenoxy) is 2. The third kappa shape index (κ3) is 5.26. The van der Waals surface area contributed by atoms with Crippen molar-refractivity contribution in [2.45, 2.75) is 11.8 Å². The van der Waals surface area contributed by atoms with Crippen LogP contribution in [-0.4, -0.2) is 38.5 Å².